The van der Waals surface area contributed by atoms with E-state index in [1.54, 1.807) is 37.4 Å². The van der Waals surface area contributed by atoms with Gasteiger partial charge in [-0.25, -0.2) is 14.8 Å². The fraction of sp³-hybridized carbons (Fsp3) is 0.267. The van der Waals surface area contributed by atoms with Crippen molar-refractivity contribution in [3.63, 3.8) is 0 Å². The normalized spacial score (nSPS) is 10.4. The van der Waals surface area contributed by atoms with Crippen molar-refractivity contribution in [2.45, 2.75) is 20.0 Å². The van der Waals surface area contributed by atoms with E-state index in [1.165, 1.54) is 0 Å². The molecule has 1 aromatic heterocycles. The fourth-order valence-corrected chi connectivity index (χ4v) is 1.87. The number of methoxy groups -OCH3 is 1. The Labute approximate surface area is 122 Å². The average molecular weight is 287 g/mol. The third-order valence-electron chi connectivity index (χ3n) is 2.82. The summed E-state index contributed by atoms with van der Waals surface area (Å²) in [5, 5.41) is 12.1. The van der Waals surface area contributed by atoms with Crippen molar-refractivity contribution in [2.75, 3.05) is 12.4 Å². The van der Waals surface area contributed by atoms with Crippen molar-refractivity contribution in [2.24, 2.45) is 0 Å². The van der Waals surface area contributed by atoms with Crippen LogP contribution in [0, 0.1) is 0 Å². The van der Waals surface area contributed by atoms with Gasteiger partial charge in [-0.05, 0) is 18.2 Å². The molecule has 6 heteroatoms. The Hall–Kier alpha value is -2.47. The lowest BCUT2D eigenvalue weighted by Crippen LogP contribution is -2.04. The molecule has 0 spiro atoms. The van der Waals surface area contributed by atoms with Gasteiger partial charge in [-0.2, -0.15) is 0 Å². The lowest BCUT2D eigenvalue weighted by Gasteiger charge is -2.09. The molecule has 1 aromatic carbocycles. The van der Waals surface area contributed by atoms with Gasteiger partial charge in [0.1, 0.15) is 11.6 Å². The van der Waals surface area contributed by atoms with Gasteiger partial charge in [0.2, 0.25) is 0 Å². The quantitative estimate of drug-likeness (QED) is 0.849. The molecular formula is C15H17N3O3. The van der Waals surface area contributed by atoms with Crippen molar-refractivity contribution in [1.29, 1.82) is 0 Å². The number of nitrogens with zero attached hydrogens (tertiary/aromatic N) is 2. The first-order chi connectivity index (χ1) is 10.1. The highest BCUT2D eigenvalue weighted by Gasteiger charge is 2.06. The first-order valence-electron chi connectivity index (χ1n) is 6.58. The summed E-state index contributed by atoms with van der Waals surface area (Å²) in [5.74, 6) is 0.369. The highest BCUT2D eigenvalue weighted by Crippen LogP contribution is 2.17. The number of aryl methyl sites for hydroxylation is 1. The van der Waals surface area contributed by atoms with Crippen LogP contribution < -0.4 is 5.32 Å². The number of ether oxygens (including phenoxy) is 1. The first kappa shape index (κ1) is 14.9. The molecule has 0 amide bonds. The molecule has 0 aliphatic rings. The highest BCUT2D eigenvalue weighted by atomic mass is 16.5. The van der Waals surface area contributed by atoms with E-state index < -0.39 is 5.97 Å². The Bertz CT molecular complexity index is 644. The van der Waals surface area contributed by atoms with E-state index in [9.17, 15) is 4.79 Å². The molecule has 0 aliphatic heterocycles. The van der Waals surface area contributed by atoms with Crippen LogP contribution in [0.15, 0.2) is 30.3 Å². The van der Waals surface area contributed by atoms with Crippen molar-refractivity contribution < 1.29 is 14.6 Å². The van der Waals surface area contributed by atoms with Crippen LogP contribution in [0.3, 0.4) is 0 Å². The maximum absolute atomic E-state index is 11.0. The van der Waals surface area contributed by atoms with Gasteiger partial charge in [-0.3, -0.25) is 0 Å². The molecule has 2 N–H and O–H groups in total. The number of carboxylic acids is 1. The van der Waals surface area contributed by atoms with Gasteiger partial charge in [0.15, 0.2) is 0 Å². The van der Waals surface area contributed by atoms with E-state index in [-0.39, 0.29) is 5.56 Å². The Morgan fingerprint density at radius 3 is 2.81 bits per heavy atom. The topological polar surface area (TPSA) is 84.3 Å². The van der Waals surface area contributed by atoms with Crippen LogP contribution in [0.2, 0.25) is 0 Å². The lowest BCUT2D eigenvalue weighted by atomic mass is 10.2. The number of anilines is 2. The Morgan fingerprint density at radius 2 is 2.14 bits per heavy atom. The van der Waals surface area contributed by atoms with Crippen LogP contribution >= 0.6 is 0 Å². The van der Waals surface area contributed by atoms with Crippen molar-refractivity contribution in [3.05, 3.63) is 47.4 Å². The minimum atomic E-state index is -0.962. The van der Waals surface area contributed by atoms with Gasteiger partial charge in [-0.1, -0.05) is 13.0 Å². The van der Waals surface area contributed by atoms with Crippen molar-refractivity contribution in [3.8, 4) is 0 Å². The average Bonchev–Trinajstić information content (AvgIpc) is 2.47. The second kappa shape index (κ2) is 6.81. The summed E-state index contributed by atoms with van der Waals surface area (Å²) in [7, 11) is 1.61. The molecule has 0 saturated heterocycles. The summed E-state index contributed by atoms with van der Waals surface area (Å²) >= 11 is 0. The fourth-order valence-electron chi connectivity index (χ4n) is 1.87. The van der Waals surface area contributed by atoms with Crippen LogP contribution in [0.25, 0.3) is 0 Å². The van der Waals surface area contributed by atoms with Gasteiger partial charge in [0, 0.05) is 25.3 Å². The molecular weight excluding hydrogens is 270 g/mol. The zero-order valence-electron chi connectivity index (χ0n) is 12.0. The van der Waals surface area contributed by atoms with Crippen LogP contribution in [0.1, 0.15) is 28.8 Å². The second-order valence-corrected chi connectivity index (χ2v) is 4.46. The van der Waals surface area contributed by atoms with E-state index in [1.807, 2.05) is 6.92 Å². The summed E-state index contributed by atoms with van der Waals surface area (Å²) in [4.78, 5) is 19.7. The minimum absolute atomic E-state index is 0.224. The first-order valence-corrected chi connectivity index (χ1v) is 6.58. The molecule has 1 heterocycles. The molecule has 0 bridgehead atoms. The van der Waals surface area contributed by atoms with Gasteiger partial charge >= 0.3 is 5.97 Å². The van der Waals surface area contributed by atoms with Crippen molar-refractivity contribution >= 4 is 17.5 Å². The van der Waals surface area contributed by atoms with Crippen molar-refractivity contribution in [1.82, 2.24) is 9.97 Å². The molecule has 2 aromatic rings. The molecule has 2 rings (SSSR count). The number of aromatic carboxylic acids is 1. The Morgan fingerprint density at radius 1 is 1.33 bits per heavy atom. The molecule has 6 nitrogen and oxygen atoms in total. The van der Waals surface area contributed by atoms with Gasteiger partial charge in [0.25, 0.3) is 0 Å². The van der Waals surface area contributed by atoms with E-state index in [0.717, 1.165) is 5.69 Å². The zero-order chi connectivity index (χ0) is 15.2. The van der Waals surface area contributed by atoms with Crippen LogP contribution in [-0.2, 0) is 17.8 Å². The SMILES string of the molecule is CCc1nc(COC)cc(Nc2cccc(C(=O)O)c2)n1. The molecule has 0 unspecified atom stereocenters. The maximum atomic E-state index is 11.0. The molecule has 0 saturated carbocycles. The number of carboxylic acid groups (broad SMARTS) is 1. The summed E-state index contributed by atoms with van der Waals surface area (Å²) < 4.78 is 5.09. The monoisotopic (exact) mass is 287 g/mol. The number of rotatable bonds is 6. The highest BCUT2D eigenvalue weighted by molar-refractivity contribution is 5.89. The van der Waals surface area contributed by atoms with Gasteiger partial charge < -0.3 is 15.2 Å². The third-order valence-corrected chi connectivity index (χ3v) is 2.82. The largest absolute Gasteiger partial charge is 0.478 e. The van der Waals surface area contributed by atoms with Crippen LogP contribution in [-0.4, -0.2) is 28.2 Å². The lowest BCUT2D eigenvalue weighted by molar-refractivity contribution is 0.0697. The van der Waals surface area contributed by atoms with E-state index in [4.69, 9.17) is 9.84 Å². The predicted octanol–water partition coefficient (Wildman–Crippen LogP) is 2.63. The van der Waals surface area contributed by atoms with Gasteiger partial charge in [-0.15, -0.1) is 0 Å². The summed E-state index contributed by atoms with van der Waals surface area (Å²) in [5.41, 5.74) is 1.67. The maximum Gasteiger partial charge on any atom is 0.335 e. The van der Waals surface area contributed by atoms with Gasteiger partial charge in [0.05, 0.1) is 17.9 Å². The summed E-state index contributed by atoms with van der Waals surface area (Å²) in [6, 6.07) is 8.36. The van der Waals surface area contributed by atoms with E-state index >= 15 is 0 Å². The molecule has 110 valence electrons. The number of benzene rings is 1. The molecule has 0 aliphatic carbocycles. The summed E-state index contributed by atoms with van der Waals surface area (Å²) in [6.45, 7) is 2.38. The standard InChI is InChI=1S/C15H17N3O3/c1-3-13-17-12(9-21-2)8-14(18-13)16-11-6-4-5-10(7-11)15(19)20/h4-8H,3,9H2,1-2H3,(H,19,20)(H,16,17,18). The Kier molecular flexibility index (Phi) is 4.84. The van der Waals surface area contributed by atoms with E-state index in [2.05, 4.69) is 15.3 Å². The predicted molar refractivity (Wildman–Crippen MR) is 78.8 cm³/mol. The van der Waals surface area contributed by atoms with E-state index in [0.29, 0.717) is 30.4 Å². The number of aromatic nitrogens is 2. The molecule has 0 fully saturated rings. The number of hydrogen-bond acceptors (Lipinski definition) is 5. The Balaban J connectivity index is 2.27. The third kappa shape index (κ3) is 4.00. The molecule has 21 heavy (non-hydrogen) atoms. The molecule has 0 radical (unpaired) electrons. The molecule has 0 atom stereocenters. The number of hydrogen-bond donors (Lipinski definition) is 2. The second-order valence-electron chi connectivity index (χ2n) is 4.46. The van der Waals surface area contributed by atoms with Crippen LogP contribution in [0.5, 0.6) is 0 Å². The van der Waals surface area contributed by atoms with Crippen LogP contribution in [0.4, 0.5) is 11.5 Å². The summed E-state index contributed by atoms with van der Waals surface area (Å²) in [6.07, 6.45) is 0.710. The smallest absolute Gasteiger partial charge is 0.335 e. The number of nitrogens with one attached hydrogen (secondary N) is 1. The number of carbonyl (C=O) groups is 1. The minimum Gasteiger partial charge on any atom is -0.478 e. The zero-order valence-corrected chi connectivity index (χ0v) is 12.0.